The quantitative estimate of drug-likeness (QED) is 0.320. The van der Waals surface area contributed by atoms with Crippen LogP contribution in [0.15, 0.2) is 48.5 Å². The SMILES string of the molecule is CCCCc1ccc(C(=O)OC2C3CCCCC(CC3)C2OC(=O)c2ccc(CCCC)cc2)cc1. The van der Waals surface area contributed by atoms with E-state index in [1.807, 2.05) is 48.5 Å². The second-order valence-corrected chi connectivity index (χ2v) is 10.7. The zero-order valence-electron chi connectivity index (χ0n) is 22.0. The molecule has 2 bridgehead atoms. The molecule has 0 aliphatic heterocycles. The number of aryl methyl sites for hydroxylation is 2. The Morgan fingerprint density at radius 3 is 1.39 bits per heavy atom. The van der Waals surface area contributed by atoms with Crippen molar-refractivity contribution in [3.05, 3.63) is 70.8 Å². The normalized spacial score (nSPS) is 23.5. The summed E-state index contributed by atoms with van der Waals surface area (Å²) in [6.45, 7) is 4.36. The highest BCUT2D eigenvalue weighted by Crippen LogP contribution is 2.41. The first kappa shape index (κ1) is 26.4. The molecule has 0 spiro atoms. The molecule has 2 aliphatic rings. The fourth-order valence-electron chi connectivity index (χ4n) is 5.81. The topological polar surface area (TPSA) is 52.6 Å². The molecule has 0 radical (unpaired) electrons. The molecule has 36 heavy (non-hydrogen) atoms. The third-order valence-corrected chi connectivity index (χ3v) is 8.06. The summed E-state index contributed by atoms with van der Waals surface area (Å²) in [6, 6.07) is 15.6. The third kappa shape index (κ3) is 6.78. The van der Waals surface area contributed by atoms with Crippen molar-refractivity contribution in [1.29, 1.82) is 0 Å². The van der Waals surface area contributed by atoms with Gasteiger partial charge in [-0.15, -0.1) is 0 Å². The minimum Gasteiger partial charge on any atom is -0.455 e. The molecule has 4 heteroatoms. The largest absolute Gasteiger partial charge is 0.455 e. The standard InChI is InChI=1S/C32H42O4/c1-3-5-9-23-13-17-27(18-14-23)31(33)35-29-25-11-7-8-12-26(22-21-25)30(29)36-32(34)28-19-15-24(16-20-28)10-6-4-2/h13-20,25-26,29-30H,3-12,21-22H2,1-2H3. The fraction of sp³-hybridized carbons (Fsp3) is 0.562. The number of carbonyl (C=O) groups excluding carboxylic acids is 2. The molecule has 0 heterocycles. The Balaban J connectivity index is 1.47. The smallest absolute Gasteiger partial charge is 0.338 e. The number of ether oxygens (including phenoxy) is 2. The molecule has 4 nitrogen and oxygen atoms in total. The lowest BCUT2D eigenvalue weighted by atomic mass is 9.71. The molecule has 2 fully saturated rings. The van der Waals surface area contributed by atoms with Crippen LogP contribution in [0.25, 0.3) is 0 Å². The van der Waals surface area contributed by atoms with Crippen LogP contribution in [0.5, 0.6) is 0 Å². The Morgan fingerprint density at radius 2 is 1.03 bits per heavy atom. The number of hydrogen-bond acceptors (Lipinski definition) is 4. The Bertz CT molecular complexity index is 893. The average molecular weight is 491 g/mol. The van der Waals surface area contributed by atoms with Crippen molar-refractivity contribution in [3.63, 3.8) is 0 Å². The van der Waals surface area contributed by atoms with Gasteiger partial charge in [-0.25, -0.2) is 9.59 Å². The Kier molecular flexibility index (Phi) is 9.60. The van der Waals surface area contributed by atoms with E-state index in [1.165, 1.54) is 11.1 Å². The van der Waals surface area contributed by atoms with Crippen LogP contribution in [-0.4, -0.2) is 24.1 Å². The fourth-order valence-corrected chi connectivity index (χ4v) is 5.81. The van der Waals surface area contributed by atoms with Crippen molar-refractivity contribution in [1.82, 2.24) is 0 Å². The summed E-state index contributed by atoms with van der Waals surface area (Å²) in [6.07, 6.45) is 12.2. The number of esters is 2. The molecule has 0 saturated heterocycles. The summed E-state index contributed by atoms with van der Waals surface area (Å²) in [4.78, 5) is 26.4. The van der Waals surface area contributed by atoms with Crippen molar-refractivity contribution in [3.8, 4) is 0 Å². The molecule has 2 saturated carbocycles. The molecule has 194 valence electrons. The summed E-state index contributed by atoms with van der Waals surface area (Å²) in [5.41, 5.74) is 3.62. The van der Waals surface area contributed by atoms with Crippen LogP contribution >= 0.6 is 0 Å². The zero-order chi connectivity index (χ0) is 25.3. The van der Waals surface area contributed by atoms with E-state index in [0.29, 0.717) is 11.1 Å². The Labute approximate surface area is 216 Å². The summed E-state index contributed by atoms with van der Waals surface area (Å²) in [5, 5.41) is 0. The number of rotatable bonds is 10. The van der Waals surface area contributed by atoms with Crippen molar-refractivity contribution in [2.75, 3.05) is 0 Å². The molecule has 2 aromatic carbocycles. The zero-order valence-corrected chi connectivity index (χ0v) is 22.0. The lowest BCUT2D eigenvalue weighted by molar-refractivity contribution is -0.105. The molecule has 4 atom stereocenters. The number of hydrogen-bond donors (Lipinski definition) is 0. The Hall–Kier alpha value is -2.62. The van der Waals surface area contributed by atoms with Crippen molar-refractivity contribution >= 4 is 11.9 Å². The van der Waals surface area contributed by atoms with Crippen molar-refractivity contribution in [2.45, 2.75) is 103 Å². The molecule has 0 N–H and O–H groups in total. The van der Waals surface area contributed by atoms with E-state index in [2.05, 4.69) is 13.8 Å². The van der Waals surface area contributed by atoms with Gasteiger partial charge in [0.15, 0.2) is 0 Å². The van der Waals surface area contributed by atoms with Crippen LogP contribution in [0.4, 0.5) is 0 Å². The monoisotopic (exact) mass is 490 g/mol. The first-order valence-corrected chi connectivity index (χ1v) is 14.2. The van der Waals surface area contributed by atoms with E-state index in [1.54, 1.807) is 0 Å². The highest BCUT2D eigenvalue weighted by molar-refractivity contribution is 5.90. The molecule has 4 unspecified atom stereocenters. The van der Waals surface area contributed by atoms with Gasteiger partial charge < -0.3 is 9.47 Å². The van der Waals surface area contributed by atoms with Gasteiger partial charge in [0.25, 0.3) is 0 Å². The maximum atomic E-state index is 13.2. The number of fused-ring (bicyclic) bond motifs is 3. The summed E-state index contributed by atoms with van der Waals surface area (Å²) in [5.74, 6) is -0.142. The van der Waals surface area contributed by atoms with Gasteiger partial charge in [0.1, 0.15) is 12.2 Å². The predicted molar refractivity (Wildman–Crippen MR) is 143 cm³/mol. The van der Waals surface area contributed by atoms with Gasteiger partial charge in [-0.1, -0.05) is 63.8 Å². The van der Waals surface area contributed by atoms with Gasteiger partial charge in [0.2, 0.25) is 0 Å². The van der Waals surface area contributed by atoms with E-state index in [-0.39, 0.29) is 36.0 Å². The van der Waals surface area contributed by atoms with Gasteiger partial charge in [0, 0.05) is 0 Å². The highest BCUT2D eigenvalue weighted by atomic mass is 16.6. The van der Waals surface area contributed by atoms with Crippen LogP contribution < -0.4 is 0 Å². The maximum Gasteiger partial charge on any atom is 0.338 e. The van der Waals surface area contributed by atoms with Crippen LogP contribution in [-0.2, 0) is 22.3 Å². The lowest BCUT2D eigenvalue weighted by Gasteiger charge is -2.43. The van der Waals surface area contributed by atoms with Crippen LogP contribution in [0.3, 0.4) is 0 Å². The Morgan fingerprint density at radius 1 is 0.639 bits per heavy atom. The first-order chi connectivity index (χ1) is 17.6. The minimum atomic E-state index is -0.385. The molecule has 4 rings (SSSR count). The molecule has 0 aromatic heterocycles. The van der Waals surface area contributed by atoms with Gasteiger partial charge in [-0.3, -0.25) is 0 Å². The number of carbonyl (C=O) groups is 2. The van der Waals surface area contributed by atoms with Crippen LogP contribution in [0.1, 0.15) is 110 Å². The van der Waals surface area contributed by atoms with Crippen molar-refractivity contribution < 1.29 is 19.1 Å². The predicted octanol–water partition coefficient (Wildman–Crippen LogP) is 7.72. The first-order valence-electron chi connectivity index (χ1n) is 14.2. The molecule has 0 amide bonds. The minimum absolute atomic E-state index is 0.239. The lowest BCUT2D eigenvalue weighted by Crippen LogP contribution is -2.49. The van der Waals surface area contributed by atoms with Crippen LogP contribution in [0, 0.1) is 11.8 Å². The summed E-state index contributed by atoms with van der Waals surface area (Å²) < 4.78 is 12.3. The second-order valence-electron chi connectivity index (χ2n) is 10.7. The number of benzene rings is 2. The van der Waals surface area contributed by atoms with E-state index in [4.69, 9.17) is 9.47 Å². The number of unbranched alkanes of at least 4 members (excludes halogenated alkanes) is 2. The van der Waals surface area contributed by atoms with Gasteiger partial charge in [-0.2, -0.15) is 0 Å². The molecular weight excluding hydrogens is 448 g/mol. The maximum absolute atomic E-state index is 13.2. The molecule has 2 aromatic rings. The van der Waals surface area contributed by atoms with Gasteiger partial charge in [0.05, 0.1) is 11.1 Å². The highest BCUT2D eigenvalue weighted by Gasteiger charge is 2.45. The molecule has 2 aliphatic carbocycles. The van der Waals surface area contributed by atoms with E-state index < -0.39 is 0 Å². The average Bonchev–Trinajstić information content (AvgIpc) is 2.88. The van der Waals surface area contributed by atoms with E-state index in [9.17, 15) is 9.59 Å². The third-order valence-electron chi connectivity index (χ3n) is 8.06. The van der Waals surface area contributed by atoms with E-state index in [0.717, 1.165) is 77.0 Å². The summed E-state index contributed by atoms with van der Waals surface area (Å²) in [7, 11) is 0. The van der Waals surface area contributed by atoms with E-state index >= 15 is 0 Å². The molecular formula is C32H42O4. The second kappa shape index (κ2) is 13.1. The van der Waals surface area contributed by atoms with Crippen molar-refractivity contribution in [2.24, 2.45) is 11.8 Å². The van der Waals surface area contributed by atoms with Gasteiger partial charge in [-0.05, 0) is 98.6 Å². The summed E-state index contributed by atoms with van der Waals surface area (Å²) >= 11 is 0. The van der Waals surface area contributed by atoms with Gasteiger partial charge >= 0.3 is 11.9 Å². The van der Waals surface area contributed by atoms with Crippen LogP contribution in [0.2, 0.25) is 0 Å².